The van der Waals surface area contributed by atoms with E-state index in [0.717, 1.165) is 30.7 Å². The first-order valence-corrected chi connectivity index (χ1v) is 6.33. The van der Waals surface area contributed by atoms with Gasteiger partial charge in [-0.1, -0.05) is 18.2 Å². The smallest absolute Gasteiger partial charge is 0.405 e. The van der Waals surface area contributed by atoms with E-state index < -0.39 is 6.09 Å². The summed E-state index contributed by atoms with van der Waals surface area (Å²) in [6.07, 6.45) is 4.88. The molecule has 0 spiro atoms. The van der Waals surface area contributed by atoms with Gasteiger partial charge in [-0.05, 0) is 54.7 Å². The zero-order valence-electron chi connectivity index (χ0n) is 9.82. The van der Waals surface area contributed by atoms with Crippen molar-refractivity contribution in [2.45, 2.75) is 44.1 Å². The summed E-state index contributed by atoms with van der Waals surface area (Å²) in [6.45, 7) is 0. The van der Waals surface area contributed by atoms with Crippen LogP contribution in [0.3, 0.4) is 0 Å². The predicted octanol–water partition coefficient (Wildman–Crippen LogP) is 3.04. The summed E-state index contributed by atoms with van der Waals surface area (Å²) in [5.74, 6) is 0.776. The van der Waals surface area contributed by atoms with Crippen LogP contribution in [0.15, 0.2) is 18.2 Å². The lowest BCUT2D eigenvalue weighted by Gasteiger charge is -2.25. The van der Waals surface area contributed by atoms with Gasteiger partial charge >= 0.3 is 6.09 Å². The van der Waals surface area contributed by atoms with Crippen molar-refractivity contribution in [1.82, 2.24) is 0 Å². The van der Waals surface area contributed by atoms with Crippen LogP contribution < -0.4 is 5.73 Å². The van der Waals surface area contributed by atoms with E-state index >= 15 is 0 Å². The van der Waals surface area contributed by atoms with Crippen LogP contribution in [-0.4, -0.2) is 6.09 Å². The highest BCUT2D eigenvalue weighted by atomic mass is 16.6. The number of carbonyl (C=O) groups is 1. The van der Waals surface area contributed by atoms with Gasteiger partial charge in [0.15, 0.2) is 0 Å². The second kappa shape index (κ2) is 4.06. The molecule has 0 aliphatic heterocycles. The Labute approximate surface area is 101 Å². The summed E-state index contributed by atoms with van der Waals surface area (Å²) in [7, 11) is 0. The van der Waals surface area contributed by atoms with Crippen LogP contribution in [0, 0.1) is 0 Å². The highest BCUT2D eigenvalue weighted by molar-refractivity contribution is 5.65. The number of fused-ring (bicyclic) bond motifs is 1. The molecule has 3 rings (SSSR count). The second-order valence-electron chi connectivity index (χ2n) is 5.05. The topological polar surface area (TPSA) is 52.3 Å². The standard InChI is InChI=1S/C14H17NO2/c15-14(16)17-13-3-1-2-11-8-10(9-4-5-9)6-7-12(11)13/h6-9,13H,1-5H2,(H2,15,16). The Morgan fingerprint density at radius 3 is 2.82 bits per heavy atom. The van der Waals surface area contributed by atoms with Crippen LogP contribution in [0.25, 0.3) is 0 Å². The molecule has 1 saturated carbocycles. The van der Waals surface area contributed by atoms with E-state index in [1.165, 1.54) is 24.0 Å². The van der Waals surface area contributed by atoms with E-state index in [4.69, 9.17) is 10.5 Å². The number of carbonyl (C=O) groups excluding carboxylic acids is 1. The van der Waals surface area contributed by atoms with Crippen molar-refractivity contribution in [3.05, 3.63) is 34.9 Å². The van der Waals surface area contributed by atoms with Crippen molar-refractivity contribution in [3.8, 4) is 0 Å². The van der Waals surface area contributed by atoms with E-state index in [9.17, 15) is 4.79 Å². The fourth-order valence-corrected chi connectivity index (χ4v) is 2.72. The lowest BCUT2D eigenvalue weighted by Crippen LogP contribution is -2.20. The van der Waals surface area contributed by atoms with Gasteiger partial charge in [0, 0.05) is 0 Å². The van der Waals surface area contributed by atoms with E-state index in [1.807, 2.05) is 0 Å². The molecule has 2 aliphatic carbocycles. The number of hydrogen-bond acceptors (Lipinski definition) is 2. The van der Waals surface area contributed by atoms with Gasteiger partial charge in [0.1, 0.15) is 6.10 Å². The quantitative estimate of drug-likeness (QED) is 0.850. The van der Waals surface area contributed by atoms with Crippen LogP contribution in [-0.2, 0) is 11.2 Å². The minimum atomic E-state index is -0.672. The molecule has 17 heavy (non-hydrogen) atoms. The van der Waals surface area contributed by atoms with Crippen LogP contribution >= 0.6 is 0 Å². The summed E-state index contributed by atoms with van der Waals surface area (Å²) in [5.41, 5.74) is 9.05. The number of nitrogens with two attached hydrogens (primary N) is 1. The zero-order chi connectivity index (χ0) is 11.8. The molecule has 2 aliphatic rings. The third-order valence-electron chi connectivity index (χ3n) is 3.73. The molecule has 3 nitrogen and oxygen atoms in total. The van der Waals surface area contributed by atoms with Gasteiger partial charge in [-0.2, -0.15) is 0 Å². The Morgan fingerprint density at radius 1 is 1.29 bits per heavy atom. The van der Waals surface area contributed by atoms with Crippen molar-refractivity contribution in [2.75, 3.05) is 0 Å². The first kappa shape index (κ1) is 10.6. The molecule has 0 radical (unpaired) electrons. The molecule has 90 valence electrons. The molecule has 1 atom stereocenters. The van der Waals surface area contributed by atoms with Gasteiger partial charge in [0.25, 0.3) is 0 Å². The first-order valence-electron chi connectivity index (χ1n) is 6.33. The fraction of sp³-hybridized carbons (Fsp3) is 0.500. The molecule has 1 fully saturated rings. The van der Waals surface area contributed by atoms with E-state index in [0.29, 0.717) is 0 Å². The number of amides is 1. The Balaban J connectivity index is 1.89. The molecule has 2 N–H and O–H groups in total. The molecule has 1 aromatic carbocycles. The molecule has 0 aromatic heterocycles. The van der Waals surface area contributed by atoms with Gasteiger partial charge in [-0.3, -0.25) is 0 Å². The number of benzene rings is 1. The lowest BCUT2D eigenvalue weighted by atomic mass is 9.87. The monoisotopic (exact) mass is 231 g/mol. The van der Waals surface area contributed by atoms with E-state index in [2.05, 4.69) is 18.2 Å². The van der Waals surface area contributed by atoms with Crippen molar-refractivity contribution in [2.24, 2.45) is 5.73 Å². The van der Waals surface area contributed by atoms with Crippen molar-refractivity contribution >= 4 is 6.09 Å². The maximum absolute atomic E-state index is 10.9. The molecule has 0 heterocycles. The second-order valence-corrected chi connectivity index (χ2v) is 5.05. The molecule has 3 heteroatoms. The minimum Gasteiger partial charge on any atom is -0.442 e. The Kier molecular flexibility index (Phi) is 2.54. The summed E-state index contributed by atoms with van der Waals surface area (Å²) >= 11 is 0. The van der Waals surface area contributed by atoms with Gasteiger partial charge in [0.05, 0.1) is 0 Å². The summed E-state index contributed by atoms with van der Waals surface area (Å²) in [6, 6.07) is 6.60. The first-order chi connectivity index (χ1) is 8.24. The molecule has 1 unspecified atom stereocenters. The van der Waals surface area contributed by atoms with E-state index in [1.54, 1.807) is 0 Å². The minimum absolute atomic E-state index is 0.135. The van der Waals surface area contributed by atoms with Crippen molar-refractivity contribution in [3.63, 3.8) is 0 Å². The Morgan fingerprint density at radius 2 is 2.12 bits per heavy atom. The van der Waals surface area contributed by atoms with Crippen LogP contribution in [0.1, 0.15) is 54.4 Å². The number of hydrogen-bond donors (Lipinski definition) is 1. The number of aryl methyl sites for hydroxylation is 1. The number of rotatable bonds is 2. The zero-order valence-corrected chi connectivity index (χ0v) is 9.82. The van der Waals surface area contributed by atoms with Crippen molar-refractivity contribution in [1.29, 1.82) is 0 Å². The normalized spacial score (nSPS) is 22.9. The summed E-state index contributed by atoms with van der Waals surface area (Å²) in [4.78, 5) is 10.9. The predicted molar refractivity (Wildman–Crippen MR) is 64.8 cm³/mol. The van der Waals surface area contributed by atoms with Crippen LogP contribution in [0.4, 0.5) is 4.79 Å². The van der Waals surface area contributed by atoms with E-state index in [-0.39, 0.29) is 6.10 Å². The molecule has 0 bridgehead atoms. The lowest BCUT2D eigenvalue weighted by molar-refractivity contribution is 0.0959. The molecular formula is C14H17NO2. The fourth-order valence-electron chi connectivity index (χ4n) is 2.72. The summed E-state index contributed by atoms with van der Waals surface area (Å²) < 4.78 is 5.17. The van der Waals surface area contributed by atoms with Gasteiger partial charge in [-0.15, -0.1) is 0 Å². The van der Waals surface area contributed by atoms with Gasteiger partial charge < -0.3 is 10.5 Å². The maximum atomic E-state index is 10.9. The molecule has 0 saturated heterocycles. The Bertz CT molecular complexity index is 452. The molecule has 1 aromatic rings. The SMILES string of the molecule is NC(=O)OC1CCCc2cc(C3CC3)ccc21. The average molecular weight is 231 g/mol. The van der Waals surface area contributed by atoms with Gasteiger partial charge in [-0.25, -0.2) is 4.79 Å². The number of ether oxygens (including phenoxy) is 1. The summed E-state index contributed by atoms with van der Waals surface area (Å²) in [5, 5.41) is 0. The maximum Gasteiger partial charge on any atom is 0.405 e. The third kappa shape index (κ3) is 2.14. The molecule has 1 amide bonds. The van der Waals surface area contributed by atoms with Crippen LogP contribution in [0.2, 0.25) is 0 Å². The van der Waals surface area contributed by atoms with Crippen molar-refractivity contribution < 1.29 is 9.53 Å². The third-order valence-corrected chi connectivity index (χ3v) is 3.73. The van der Waals surface area contributed by atoms with Gasteiger partial charge in [0.2, 0.25) is 0 Å². The van der Waals surface area contributed by atoms with Crippen LogP contribution in [0.5, 0.6) is 0 Å². The molecular weight excluding hydrogens is 214 g/mol. The Hall–Kier alpha value is -1.51. The number of primary amides is 1. The largest absolute Gasteiger partial charge is 0.442 e. The highest BCUT2D eigenvalue weighted by Crippen LogP contribution is 2.42. The highest BCUT2D eigenvalue weighted by Gasteiger charge is 2.27. The average Bonchev–Trinajstić information content (AvgIpc) is 3.12.